The van der Waals surface area contributed by atoms with Gasteiger partial charge < -0.3 is 26.0 Å². The number of nitrogens with zero attached hydrogens (tertiary/aromatic N) is 1. The number of allylic oxidation sites excluding steroid dienone is 2. The molecule has 1 aliphatic rings. The van der Waals surface area contributed by atoms with Gasteiger partial charge in [-0.2, -0.15) is 0 Å². The van der Waals surface area contributed by atoms with Crippen LogP contribution in [0.4, 0.5) is 0 Å². The SMILES string of the molecule is CCOc1cccc(C2=C(N)NCC(c3cccc(C(=O)NCCN(C)C)c3)=C2)c1. The van der Waals surface area contributed by atoms with Crippen molar-refractivity contribution in [2.45, 2.75) is 6.92 Å². The van der Waals surface area contributed by atoms with Gasteiger partial charge in [-0.05, 0) is 68.1 Å². The normalized spacial score (nSPS) is 13.7. The number of carbonyl (C=O) groups is 1. The average Bonchev–Trinajstić information content (AvgIpc) is 2.74. The minimum absolute atomic E-state index is 0.0669. The van der Waals surface area contributed by atoms with E-state index in [4.69, 9.17) is 10.5 Å². The lowest BCUT2D eigenvalue weighted by atomic mass is 9.95. The third-order valence-electron chi connectivity index (χ3n) is 4.87. The standard InChI is InChI=1S/C24H30N4O2/c1-4-30-21-10-6-8-18(14-21)22-15-20(16-27-23(22)25)17-7-5-9-19(13-17)24(29)26-11-12-28(2)3/h5-10,13-15,27H,4,11-12,16,25H2,1-3H3,(H,26,29). The van der Waals surface area contributed by atoms with Gasteiger partial charge in [0.1, 0.15) is 11.6 Å². The van der Waals surface area contributed by atoms with Crippen molar-refractivity contribution in [1.82, 2.24) is 15.5 Å². The Kier molecular flexibility index (Phi) is 7.14. The van der Waals surface area contributed by atoms with E-state index in [-0.39, 0.29) is 5.91 Å². The summed E-state index contributed by atoms with van der Waals surface area (Å²) in [5.74, 6) is 1.37. The van der Waals surface area contributed by atoms with Gasteiger partial charge in [0.15, 0.2) is 0 Å². The van der Waals surface area contributed by atoms with Crippen LogP contribution in [-0.2, 0) is 0 Å². The summed E-state index contributed by atoms with van der Waals surface area (Å²) in [7, 11) is 3.96. The van der Waals surface area contributed by atoms with Crippen LogP contribution in [-0.4, -0.2) is 51.1 Å². The lowest BCUT2D eigenvalue weighted by molar-refractivity contribution is 0.0951. The molecule has 4 N–H and O–H groups in total. The van der Waals surface area contributed by atoms with Crippen molar-refractivity contribution in [1.29, 1.82) is 0 Å². The number of amides is 1. The smallest absolute Gasteiger partial charge is 0.251 e. The van der Waals surface area contributed by atoms with E-state index in [1.807, 2.05) is 74.4 Å². The number of ether oxygens (including phenoxy) is 1. The molecule has 6 heteroatoms. The van der Waals surface area contributed by atoms with Crippen LogP contribution in [0.25, 0.3) is 11.1 Å². The highest BCUT2D eigenvalue weighted by molar-refractivity contribution is 5.96. The van der Waals surface area contributed by atoms with Crippen LogP contribution in [0, 0.1) is 0 Å². The molecule has 3 rings (SSSR count). The number of likely N-dealkylation sites (N-methyl/N-ethyl adjacent to an activating group) is 1. The van der Waals surface area contributed by atoms with Gasteiger partial charge in [0, 0.05) is 30.8 Å². The molecule has 0 saturated carbocycles. The molecule has 0 fully saturated rings. The summed E-state index contributed by atoms with van der Waals surface area (Å²) in [5.41, 5.74) is 10.9. The van der Waals surface area contributed by atoms with Crippen molar-refractivity contribution < 1.29 is 9.53 Å². The minimum atomic E-state index is -0.0669. The molecule has 0 spiro atoms. The third kappa shape index (κ3) is 5.42. The van der Waals surface area contributed by atoms with E-state index in [1.54, 1.807) is 0 Å². The van der Waals surface area contributed by atoms with Crippen molar-refractivity contribution in [2.75, 3.05) is 40.3 Å². The Morgan fingerprint density at radius 2 is 1.93 bits per heavy atom. The molecule has 0 aliphatic carbocycles. The largest absolute Gasteiger partial charge is 0.494 e. The maximum atomic E-state index is 12.5. The van der Waals surface area contributed by atoms with E-state index in [9.17, 15) is 4.79 Å². The molecule has 2 aromatic rings. The molecule has 6 nitrogen and oxygen atoms in total. The van der Waals surface area contributed by atoms with E-state index in [0.717, 1.165) is 34.6 Å². The number of nitrogens with one attached hydrogen (secondary N) is 2. The second-order valence-corrected chi connectivity index (χ2v) is 7.45. The number of hydrogen-bond acceptors (Lipinski definition) is 5. The van der Waals surface area contributed by atoms with Crippen molar-refractivity contribution in [3.8, 4) is 5.75 Å². The zero-order valence-corrected chi connectivity index (χ0v) is 17.9. The molecule has 0 aromatic heterocycles. The minimum Gasteiger partial charge on any atom is -0.494 e. The fraction of sp³-hybridized carbons (Fsp3) is 0.292. The van der Waals surface area contributed by atoms with Gasteiger partial charge in [0.25, 0.3) is 5.91 Å². The first-order chi connectivity index (χ1) is 14.5. The van der Waals surface area contributed by atoms with Crippen LogP contribution in [0.3, 0.4) is 0 Å². The molecule has 0 bridgehead atoms. The Morgan fingerprint density at radius 3 is 2.70 bits per heavy atom. The Bertz CT molecular complexity index is 963. The summed E-state index contributed by atoms with van der Waals surface area (Å²) < 4.78 is 5.62. The molecule has 1 amide bonds. The second-order valence-electron chi connectivity index (χ2n) is 7.45. The van der Waals surface area contributed by atoms with Crippen molar-refractivity contribution in [3.05, 3.63) is 77.1 Å². The predicted molar refractivity (Wildman–Crippen MR) is 122 cm³/mol. The molecule has 0 unspecified atom stereocenters. The number of hydrogen-bond donors (Lipinski definition) is 3. The van der Waals surface area contributed by atoms with Crippen LogP contribution in [0.1, 0.15) is 28.4 Å². The summed E-state index contributed by atoms with van der Waals surface area (Å²) in [6.07, 6.45) is 2.08. The molecule has 2 aromatic carbocycles. The van der Waals surface area contributed by atoms with E-state index in [0.29, 0.717) is 31.1 Å². The van der Waals surface area contributed by atoms with Crippen LogP contribution < -0.4 is 21.1 Å². The molecule has 0 saturated heterocycles. The summed E-state index contributed by atoms with van der Waals surface area (Å²) in [6.45, 7) is 4.59. The zero-order valence-electron chi connectivity index (χ0n) is 17.9. The van der Waals surface area contributed by atoms with E-state index in [2.05, 4.69) is 16.7 Å². The van der Waals surface area contributed by atoms with E-state index in [1.165, 1.54) is 0 Å². The molecule has 0 radical (unpaired) electrons. The first-order valence-corrected chi connectivity index (χ1v) is 10.2. The van der Waals surface area contributed by atoms with Crippen LogP contribution in [0.15, 0.2) is 60.4 Å². The van der Waals surface area contributed by atoms with Gasteiger partial charge in [0.05, 0.1) is 6.61 Å². The van der Waals surface area contributed by atoms with Gasteiger partial charge in [-0.15, -0.1) is 0 Å². The fourth-order valence-electron chi connectivity index (χ4n) is 3.29. The van der Waals surface area contributed by atoms with E-state index >= 15 is 0 Å². The maximum Gasteiger partial charge on any atom is 0.251 e. The summed E-state index contributed by atoms with van der Waals surface area (Å²) in [6, 6.07) is 15.6. The van der Waals surface area contributed by atoms with Crippen molar-refractivity contribution in [2.24, 2.45) is 5.73 Å². The highest BCUT2D eigenvalue weighted by atomic mass is 16.5. The monoisotopic (exact) mass is 406 g/mol. The lowest BCUT2D eigenvalue weighted by Gasteiger charge is -2.21. The number of carbonyl (C=O) groups excluding carboxylic acids is 1. The first kappa shape index (κ1) is 21.5. The summed E-state index contributed by atoms with van der Waals surface area (Å²) in [5, 5.41) is 6.23. The quantitative estimate of drug-likeness (QED) is 0.628. The van der Waals surface area contributed by atoms with Crippen molar-refractivity contribution in [3.63, 3.8) is 0 Å². The first-order valence-electron chi connectivity index (χ1n) is 10.2. The van der Waals surface area contributed by atoms with Crippen LogP contribution in [0.5, 0.6) is 5.75 Å². The molecular formula is C24H30N4O2. The maximum absolute atomic E-state index is 12.5. The van der Waals surface area contributed by atoms with Crippen molar-refractivity contribution >= 4 is 17.1 Å². The van der Waals surface area contributed by atoms with Gasteiger partial charge >= 0.3 is 0 Å². The highest BCUT2D eigenvalue weighted by Gasteiger charge is 2.15. The van der Waals surface area contributed by atoms with Gasteiger partial charge in [0.2, 0.25) is 0 Å². The van der Waals surface area contributed by atoms with Gasteiger partial charge in [-0.3, -0.25) is 4.79 Å². The van der Waals surface area contributed by atoms with Crippen LogP contribution >= 0.6 is 0 Å². The Morgan fingerprint density at radius 1 is 1.17 bits per heavy atom. The third-order valence-corrected chi connectivity index (χ3v) is 4.87. The molecule has 1 aliphatic heterocycles. The lowest BCUT2D eigenvalue weighted by Crippen LogP contribution is -2.31. The number of dihydropyridines is 1. The second kappa shape index (κ2) is 9.98. The fourth-order valence-corrected chi connectivity index (χ4v) is 3.29. The number of benzene rings is 2. The summed E-state index contributed by atoms with van der Waals surface area (Å²) >= 11 is 0. The Balaban J connectivity index is 1.83. The number of nitrogens with two attached hydrogens (primary N) is 1. The van der Waals surface area contributed by atoms with Crippen LogP contribution in [0.2, 0.25) is 0 Å². The highest BCUT2D eigenvalue weighted by Crippen LogP contribution is 2.29. The van der Waals surface area contributed by atoms with Gasteiger partial charge in [-0.25, -0.2) is 0 Å². The van der Waals surface area contributed by atoms with Gasteiger partial charge in [-0.1, -0.05) is 24.3 Å². The topological polar surface area (TPSA) is 79.6 Å². The average molecular weight is 407 g/mol. The van der Waals surface area contributed by atoms with E-state index < -0.39 is 0 Å². The summed E-state index contributed by atoms with van der Waals surface area (Å²) in [4.78, 5) is 14.5. The number of rotatable bonds is 8. The molecule has 158 valence electrons. The zero-order chi connectivity index (χ0) is 21.5. The Labute approximate surface area is 178 Å². The Hall–Kier alpha value is -3.25. The molecular weight excluding hydrogens is 376 g/mol. The predicted octanol–water partition coefficient (Wildman–Crippen LogP) is 2.69. The molecule has 0 atom stereocenters. The molecule has 30 heavy (non-hydrogen) atoms. The molecule has 1 heterocycles.